The summed E-state index contributed by atoms with van der Waals surface area (Å²) in [4.78, 5) is 29.7. The number of carbonyl (C=O) groups excluding carboxylic acids is 2. The molecule has 1 atom stereocenters. The molecule has 6 nitrogen and oxygen atoms in total. The smallest absolute Gasteiger partial charge is 0.295 e. The summed E-state index contributed by atoms with van der Waals surface area (Å²) in [6.45, 7) is 9.73. The van der Waals surface area contributed by atoms with E-state index >= 15 is 0 Å². The highest BCUT2D eigenvalue weighted by Gasteiger charge is 2.45. The Hall–Kier alpha value is -3.12. The van der Waals surface area contributed by atoms with Gasteiger partial charge in [0, 0.05) is 18.7 Å². The first-order chi connectivity index (χ1) is 16.1. The van der Waals surface area contributed by atoms with Crippen LogP contribution in [-0.4, -0.2) is 60.4 Å². The van der Waals surface area contributed by atoms with Crippen molar-refractivity contribution in [1.82, 2.24) is 9.80 Å². The SMILES string of the molecule is CCc1ccc([C@H]2/C(=C(\O)c3ccc(OCC(C)C)c(C)c3)C(=O)C(=O)N2CCN(C)C)cc1. The van der Waals surface area contributed by atoms with Gasteiger partial charge in [-0.1, -0.05) is 45.0 Å². The number of aryl methyl sites for hydroxylation is 2. The highest BCUT2D eigenvalue weighted by atomic mass is 16.5. The number of aliphatic hydroxyl groups excluding tert-OH is 1. The summed E-state index contributed by atoms with van der Waals surface area (Å²) >= 11 is 0. The second-order valence-electron chi connectivity index (χ2n) is 9.58. The monoisotopic (exact) mass is 464 g/mol. The molecule has 0 unspecified atom stereocenters. The van der Waals surface area contributed by atoms with Crippen molar-refractivity contribution in [3.8, 4) is 5.75 Å². The average Bonchev–Trinajstić information content (AvgIpc) is 3.06. The lowest BCUT2D eigenvalue weighted by Crippen LogP contribution is -2.35. The van der Waals surface area contributed by atoms with E-state index in [4.69, 9.17) is 4.74 Å². The molecule has 1 N–H and O–H groups in total. The summed E-state index contributed by atoms with van der Waals surface area (Å²) in [6, 6.07) is 12.6. The molecule has 1 heterocycles. The van der Waals surface area contributed by atoms with Crippen LogP contribution in [0.5, 0.6) is 5.75 Å². The van der Waals surface area contributed by atoms with Gasteiger partial charge in [-0.05, 0) is 68.2 Å². The summed E-state index contributed by atoms with van der Waals surface area (Å²) in [5.74, 6) is -0.262. The number of benzene rings is 2. The summed E-state index contributed by atoms with van der Waals surface area (Å²) in [5, 5.41) is 11.3. The molecule has 2 aromatic carbocycles. The van der Waals surface area contributed by atoms with Gasteiger partial charge in [0.1, 0.15) is 11.5 Å². The molecule has 0 radical (unpaired) electrons. The minimum absolute atomic E-state index is 0.128. The lowest BCUT2D eigenvalue weighted by Gasteiger charge is -2.26. The highest BCUT2D eigenvalue weighted by molar-refractivity contribution is 6.46. The predicted molar refractivity (Wildman–Crippen MR) is 135 cm³/mol. The van der Waals surface area contributed by atoms with Crippen LogP contribution in [0.25, 0.3) is 5.76 Å². The van der Waals surface area contributed by atoms with E-state index in [0.717, 1.165) is 23.3 Å². The fourth-order valence-electron chi connectivity index (χ4n) is 4.07. The van der Waals surface area contributed by atoms with Gasteiger partial charge in [-0.15, -0.1) is 0 Å². The van der Waals surface area contributed by atoms with Crippen molar-refractivity contribution in [1.29, 1.82) is 0 Å². The van der Waals surface area contributed by atoms with Gasteiger partial charge in [-0.2, -0.15) is 0 Å². The Morgan fingerprint density at radius 2 is 1.79 bits per heavy atom. The fourth-order valence-corrected chi connectivity index (χ4v) is 4.07. The molecule has 1 aliphatic rings. The minimum Gasteiger partial charge on any atom is -0.507 e. The molecule has 0 aromatic heterocycles. The molecule has 182 valence electrons. The molecule has 1 aliphatic heterocycles. The van der Waals surface area contributed by atoms with E-state index in [1.807, 2.05) is 50.2 Å². The van der Waals surface area contributed by atoms with Crippen LogP contribution in [0.4, 0.5) is 0 Å². The molecule has 2 aromatic rings. The third kappa shape index (κ3) is 5.50. The van der Waals surface area contributed by atoms with Crippen LogP contribution in [0.15, 0.2) is 48.0 Å². The van der Waals surface area contributed by atoms with Crippen LogP contribution in [0.1, 0.15) is 49.1 Å². The van der Waals surface area contributed by atoms with Crippen molar-refractivity contribution in [2.45, 2.75) is 40.2 Å². The van der Waals surface area contributed by atoms with Gasteiger partial charge in [0.05, 0.1) is 18.2 Å². The second kappa shape index (κ2) is 10.9. The Kier molecular flexibility index (Phi) is 8.15. The quantitative estimate of drug-likeness (QED) is 0.334. The first-order valence-electron chi connectivity index (χ1n) is 11.9. The molecule has 0 bridgehead atoms. The number of ether oxygens (including phenoxy) is 1. The van der Waals surface area contributed by atoms with Gasteiger partial charge in [-0.25, -0.2) is 0 Å². The Bertz CT molecular complexity index is 1070. The normalized spacial score (nSPS) is 17.8. The number of likely N-dealkylation sites (tertiary alicyclic amines) is 1. The number of hydrogen-bond donors (Lipinski definition) is 1. The molecule has 3 rings (SSSR count). The number of amides is 1. The van der Waals surface area contributed by atoms with Gasteiger partial charge in [0.15, 0.2) is 0 Å². The van der Waals surface area contributed by atoms with Crippen LogP contribution >= 0.6 is 0 Å². The second-order valence-corrected chi connectivity index (χ2v) is 9.58. The van der Waals surface area contributed by atoms with Crippen molar-refractivity contribution >= 4 is 17.4 Å². The molecule has 0 saturated carbocycles. The fraction of sp³-hybridized carbons (Fsp3) is 0.429. The maximum Gasteiger partial charge on any atom is 0.295 e. The number of aliphatic hydroxyl groups is 1. The van der Waals surface area contributed by atoms with Crippen molar-refractivity contribution in [3.63, 3.8) is 0 Å². The number of rotatable bonds is 9. The number of hydrogen-bond acceptors (Lipinski definition) is 5. The Morgan fingerprint density at radius 1 is 1.12 bits per heavy atom. The van der Waals surface area contributed by atoms with Gasteiger partial charge >= 0.3 is 0 Å². The maximum absolute atomic E-state index is 13.2. The third-order valence-electron chi connectivity index (χ3n) is 6.05. The molecule has 1 fully saturated rings. The van der Waals surface area contributed by atoms with Crippen LogP contribution < -0.4 is 4.74 Å². The number of Topliss-reactive ketones (excluding diaryl/α,β-unsaturated/α-hetero) is 1. The Balaban J connectivity index is 2.06. The van der Waals surface area contributed by atoms with Crippen molar-refractivity contribution in [2.24, 2.45) is 5.92 Å². The number of carbonyl (C=O) groups is 2. The molecule has 0 spiro atoms. The lowest BCUT2D eigenvalue weighted by atomic mass is 9.94. The zero-order valence-electron chi connectivity index (χ0n) is 21.1. The number of nitrogens with zero attached hydrogens (tertiary/aromatic N) is 2. The summed E-state index contributed by atoms with van der Waals surface area (Å²) < 4.78 is 5.85. The van der Waals surface area contributed by atoms with Crippen molar-refractivity contribution < 1.29 is 19.4 Å². The summed E-state index contributed by atoms with van der Waals surface area (Å²) in [7, 11) is 3.85. The molecular weight excluding hydrogens is 428 g/mol. The molecular formula is C28H36N2O4. The van der Waals surface area contributed by atoms with Crippen molar-refractivity contribution in [3.05, 3.63) is 70.3 Å². The van der Waals surface area contributed by atoms with Crippen molar-refractivity contribution in [2.75, 3.05) is 33.8 Å². The minimum atomic E-state index is -0.654. The molecule has 34 heavy (non-hydrogen) atoms. The largest absolute Gasteiger partial charge is 0.507 e. The van der Waals surface area contributed by atoms with E-state index in [2.05, 4.69) is 20.8 Å². The zero-order chi connectivity index (χ0) is 25.0. The summed E-state index contributed by atoms with van der Waals surface area (Å²) in [6.07, 6.45) is 0.894. The predicted octanol–water partition coefficient (Wildman–Crippen LogP) is 4.58. The molecule has 6 heteroatoms. The van der Waals surface area contributed by atoms with Gasteiger partial charge in [0.2, 0.25) is 0 Å². The molecule has 0 aliphatic carbocycles. The van der Waals surface area contributed by atoms with Crippen LogP contribution in [0.2, 0.25) is 0 Å². The van der Waals surface area contributed by atoms with E-state index in [1.54, 1.807) is 23.1 Å². The first kappa shape index (κ1) is 25.5. The first-order valence-corrected chi connectivity index (χ1v) is 11.9. The summed E-state index contributed by atoms with van der Waals surface area (Å²) in [5.41, 5.74) is 3.46. The van der Waals surface area contributed by atoms with Gasteiger partial charge in [-0.3, -0.25) is 9.59 Å². The number of ketones is 1. The number of likely N-dealkylation sites (N-methyl/N-ethyl adjacent to an activating group) is 1. The average molecular weight is 465 g/mol. The molecule has 1 saturated heterocycles. The van der Waals surface area contributed by atoms with Gasteiger partial charge in [0.25, 0.3) is 11.7 Å². The zero-order valence-corrected chi connectivity index (χ0v) is 21.1. The highest BCUT2D eigenvalue weighted by Crippen LogP contribution is 2.39. The van der Waals surface area contributed by atoms with E-state index in [1.165, 1.54) is 5.56 Å². The van der Waals surface area contributed by atoms with Crippen LogP contribution in [-0.2, 0) is 16.0 Å². The Morgan fingerprint density at radius 3 is 2.35 bits per heavy atom. The standard InChI is InChI=1S/C28H36N2O4/c1-7-20-8-10-21(11-9-20)25-24(27(32)28(33)30(25)15-14-29(5)6)26(31)22-12-13-23(19(4)16-22)34-17-18(2)3/h8-13,16,18,25,31H,7,14-15,17H2,1-6H3/b26-24+/t25-/m0/s1. The van der Waals surface area contributed by atoms with Gasteiger partial charge < -0.3 is 19.6 Å². The topological polar surface area (TPSA) is 70.1 Å². The van der Waals surface area contributed by atoms with E-state index in [9.17, 15) is 14.7 Å². The third-order valence-corrected chi connectivity index (χ3v) is 6.05. The van der Waals surface area contributed by atoms with E-state index in [-0.39, 0.29) is 11.3 Å². The maximum atomic E-state index is 13.2. The Labute approximate surface area is 202 Å². The molecule has 1 amide bonds. The lowest BCUT2D eigenvalue weighted by molar-refractivity contribution is -0.140. The van der Waals surface area contributed by atoms with Crippen LogP contribution in [0.3, 0.4) is 0 Å². The van der Waals surface area contributed by atoms with Crippen LogP contribution in [0, 0.1) is 12.8 Å². The van der Waals surface area contributed by atoms with E-state index in [0.29, 0.717) is 31.2 Å². The van der Waals surface area contributed by atoms with E-state index < -0.39 is 17.7 Å².